The lowest BCUT2D eigenvalue weighted by atomic mass is 9.47. The van der Waals surface area contributed by atoms with Gasteiger partial charge in [0, 0.05) is 84.0 Å². The minimum absolute atomic E-state index is 0.0153. The van der Waals surface area contributed by atoms with Gasteiger partial charge in [0.15, 0.2) is 5.60 Å². The average Bonchev–Trinajstić information content (AvgIpc) is 3.83. The molecular formula is C44H57N5O7. The van der Waals surface area contributed by atoms with Crippen LogP contribution < -0.4 is 15.4 Å². The molecule has 300 valence electrons. The SMILES string of the molecule is CC[C@]1(O)CC[C@H]2CN(CCc3c([nH]c4ccccc34)[C@@](C(=O)OC)(c3cc4c(cc3OC)N(C)C3[C@]45CCN4CC=C[C@](CC)(C45)[C@@H](O)[C@]3(O)C(N)=O)C2)C1. The molecule has 1 spiro atoms. The summed E-state index contributed by atoms with van der Waals surface area (Å²) in [5.74, 6) is -0.864. The number of para-hydroxylation sites is 1. The van der Waals surface area contributed by atoms with Gasteiger partial charge < -0.3 is 40.4 Å². The van der Waals surface area contributed by atoms with E-state index in [4.69, 9.17) is 15.2 Å². The van der Waals surface area contributed by atoms with E-state index in [-0.39, 0.29) is 12.0 Å². The van der Waals surface area contributed by atoms with Crippen molar-refractivity contribution in [1.82, 2.24) is 14.8 Å². The molecule has 1 aliphatic carbocycles. The maximum atomic E-state index is 15.2. The number of amides is 1. The van der Waals surface area contributed by atoms with Crippen molar-refractivity contribution >= 4 is 28.5 Å². The van der Waals surface area contributed by atoms with Crippen molar-refractivity contribution in [3.63, 3.8) is 0 Å². The number of nitrogens with zero attached hydrogens (tertiary/aromatic N) is 3. The molecule has 6 N–H and O–H groups in total. The van der Waals surface area contributed by atoms with Crippen molar-refractivity contribution in [2.75, 3.05) is 58.9 Å². The molecule has 3 unspecified atom stereocenters. The Balaban J connectivity index is 1.35. The number of anilines is 1. The lowest BCUT2D eigenvalue weighted by molar-refractivity contribution is -0.201. The van der Waals surface area contributed by atoms with E-state index in [2.05, 4.69) is 26.9 Å². The van der Waals surface area contributed by atoms with Crippen LogP contribution in [0.5, 0.6) is 5.75 Å². The van der Waals surface area contributed by atoms with E-state index in [0.29, 0.717) is 69.5 Å². The number of methoxy groups -OCH3 is 2. The third kappa shape index (κ3) is 4.64. The number of rotatable bonds is 6. The number of aliphatic hydroxyl groups is 3. The van der Waals surface area contributed by atoms with Gasteiger partial charge in [-0.05, 0) is 80.7 Å². The number of benzene rings is 2. The first-order chi connectivity index (χ1) is 26.8. The van der Waals surface area contributed by atoms with Crippen LogP contribution in [0.4, 0.5) is 5.69 Å². The molecule has 3 fully saturated rings. The molecule has 5 aliphatic heterocycles. The molecule has 56 heavy (non-hydrogen) atoms. The third-order valence-electron chi connectivity index (χ3n) is 15.6. The molecule has 6 heterocycles. The van der Waals surface area contributed by atoms with Gasteiger partial charge in [0.1, 0.15) is 17.3 Å². The van der Waals surface area contributed by atoms with E-state index in [1.807, 2.05) is 62.2 Å². The fraction of sp³-hybridized carbons (Fsp3) is 0.591. The molecule has 2 bridgehead atoms. The highest BCUT2D eigenvalue weighted by atomic mass is 16.5. The molecule has 3 aromatic rings. The van der Waals surface area contributed by atoms with Crippen LogP contribution in [-0.4, -0.2) is 125 Å². The summed E-state index contributed by atoms with van der Waals surface area (Å²) in [6, 6.07) is 11.1. The van der Waals surface area contributed by atoms with Crippen molar-refractivity contribution in [2.45, 2.75) is 99.0 Å². The second kappa shape index (κ2) is 12.8. The van der Waals surface area contributed by atoms with Gasteiger partial charge in [-0.1, -0.05) is 44.2 Å². The molecule has 12 nitrogen and oxygen atoms in total. The third-order valence-corrected chi connectivity index (χ3v) is 15.6. The van der Waals surface area contributed by atoms with Gasteiger partial charge in [0.25, 0.3) is 5.91 Å². The molecular weight excluding hydrogens is 711 g/mol. The fourth-order valence-corrected chi connectivity index (χ4v) is 13.1. The Labute approximate surface area is 328 Å². The Morgan fingerprint density at radius 1 is 1.04 bits per heavy atom. The number of nitrogens with one attached hydrogen (secondary N) is 1. The zero-order valence-corrected chi connectivity index (χ0v) is 33.3. The first-order valence-corrected chi connectivity index (χ1v) is 20.5. The molecule has 2 saturated heterocycles. The molecule has 12 heteroatoms. The summed E-state index contributed by atoms with van der Waals surface area (Å²) in [5.41, 5.74) is 4.93. The Kier molecular flexibility index (Phi) is 8.59. The highest BCUT2D eigenvalue weighted by Crippen LogP contribution is 2.67. The standard InChI is InChI=1S/C44H57N5O7/c1-6-40(53)16-13-26-23-43(39(52)56-5,34-28(14-19-48(24-26)25-40)27-11-8-9-12-31(27)46-34)30-21-29-32(22-33(30)55-4)47(3)36-42(29)17-20-49-18-10-15-41(7-2,35(42)49)37(50)44(36,54)38(45)51/h8-12,15,21-22,26,35-37,46,50,53-54H,6-7,13-14,16-20,23-25H2,1-5H3,(H2,45,51)/t26-,35?,36?,37-,40+,41-,42-,43+,44+/m1/s1. The van der Waals surface area contributed by atoms with Crippen LogP contribution in [0, 0.1) is 11.3 Å². The predicted octanol–water partition coefficient (Wildman–Crippen LogP) is 3.12. The quantitative estimate of drug-likeness (QED) is 0.186. The molecule has 1 saturated carbocycles. The van der Waals surface area contributed by atoms with Crippen LogP contribution in [0.25, 0.3) is 10.9 Å². The van der Waals surface area contributed by atoms with E-state index in [9.17, 15) is 20.1 Å². The lowest BCUT2D eigenvalue weighted by Gasteiger charge is -2.63. The number of aliphatic hydroxyl groups excluding tert-OH is 1. The van der Waals surface area contributed by atoms with Gasteiger partial charge in [-0.25, -0.2) is 0 Å². The molecule has 1 aromatic heterocycles. The largest absolute Gasteiger partial charge is 0.496 e. The molecule has 6 aliphatic rings. The lowest BCUT2D eigenvalue weighted by Crippen LogP contribution is -2.81. The highest BCUT2D eigenvalue weighted by molar-refractivity contribution is 5.95. The zero-order chi connectivity index (χ0) is 39.6. The van der Waals surface area contributed by atoms with Crippen molar-refractivity contribution in [2.24, 2.45) is 17.1 Å². The summed E-state index contributed by atoms with van der Waals surface area (Å²) in [7, 11) is 4.92. The second-order valence-corrected chi connectivity index (χ2v) is 17.8. The van der Waals surface area contributed by atoms with Crippen LogP contribution in [-0.2, 0) is 31.6 Å². The number of esters is 1. The number of hydrogen-bond acceptors (Lipinski definition) is 10. The number of H-pyrrole nitrogens is 1. The van der Waals surface area contributed by atoms with E-state index in [1.54, 1.807) is 7.11 Å². The second-order valence-electron chi connectivity index (χ2n) is 17.8. The van der Waals surface area contributed by atoms with Gasteiger partial charge in [0.2, 0.25) is 0 Å². The van der Waals surface area contributed by atoms with E-state index in [0.717, 1.165) is 52.9 Å². The molecule has 2 aromatic carbocycles. The number of fused-ring (bicyclic) bond motifs is 6. The zero-order valence-electron chi connectivity index (χ0n) is 33.3. The number of nitrogens with two attached hydrogens (primary N) is 1. The number of aromatic nitrogens is 1. The van der Waals surface area contributed by atoms with Gasteiger partial charge in [-0.15, -0.1) is 0 Å². The Morgan fingerprint density at radius 2 is 1.82 bits per heavy atom. The summed E-state index contributed by atoms with van der Waals surface area (Å²) in [6.07, 6.45) is 6.72. The minimum Gasteiger partial charge on any atom is -0.496 e. The first-order valence-electron chi connectivity index (χ1n) is 20.5. The Morgan fingerprint density at radius 3 is 2.54 bits per heavy atom. The van der Waals surface area contributed by atoms with Gasteiger partial charge in [-0.3, -0.25) is 19.4 Å². The fourth-order valence-electron chi connectivity index (χ4n) is 13.1. The van der Waals surface area contributed by atoms with Crippen LogP contribution in [0.1, 0.15) is 74.8 Å². The van der Waals surface area contributed by atoms with E-state index < -0.39 is 51.5 Å². The molecule has 1 amide bonds. The maximum absolute atomic E-state index is 15.2. The summed E-state index contributed by atoms with van der Waals surface area (Å²) in [5, 5.41) is 37.9. The number of carbonyl (C=O) groups is 2. The van der Waals surface area contributed by atoms with Crippen LogP contribution in [0.15, 0.2) is 48.6 Å². The van der Waals surface area contributed by atoms with Gasteiger partial charge in [0.05, 0.1) is 25.9 Å². The van der Waals surface area contributed by atoms with E-state index in [1.165, 1.54) is 7.11 Å². The van der Waals surface area contributed by atoms with Crippen molar-refractivity contribution in [3.8, 4) is 5.75 Å². The predicted molar refractivity (Wildman–Crippen MR) is 213 cm³/mol. The summed E-state index contributed by atoms with van der Waals surface area (Å²) >= 11 is 0. The van der Waals surface area contributed by atoms with Gasteiger partial charge in [-0.2, -0.15) is 0 Å². The van der Waals surface area contributed by atoms with E-state index >= 15 is 4.79 Å². The summed E-state index contributed by atoms with van der Waals surface area (Å²) in [6.45, 7) is 7.43. The van der Waals surface area contributed by atoms with Gasteiger partial charge >= 0.3 is 5.97 Å². The number of likely N-dealkylation sites (N-methyl/N-ethyl adjacent to an activating group) is 1. The number of primary amides is 1. The maximum Gasteiger partial charge on any atom is 0.322 e. The van der Waals surface area contributed by atoms with Crippen molar-refractivity contribution < 1.29 is 34.4 Å². The highest BCUT2D eigenvalue weighted by Gasteiger charge is 2.78. The number of hydrogen-bond donors (Lipinski definition) is 5. The van der Waals surface area contributed by atoms with Crippen LogP contribution in [0.2, 0.25) is 0 Å². The van der Waals surface area contributed by atoms with Crippen molar-refractivity contribution in [1.29, 1.82) is 0 Å². The monoisotopic (exact) mass is 767 g/mol. The topological polar surface area (TPSA) is 165 Å². The summed E-state index contributed by atoms with van der Waals surface area (Å²) in [4.78, 5) is 39.4. The average molecular weight is 768 g/mol. The molecule has 10 atom stereocenters. The molecule has 0 radical (unpaired) electrons. The molecule has 9 rings (SSSR count). The van der Waals surface area contributed by atoms with Crippen LogP contribution in [0.3, 0.4) is 0 Å². The first kappa shape index (κ1) is 37.6. The number of ether oxygens (including phenoxy) is 2. The Bertz CT molecular complexity index is 2140. The van der Waals surface area contributed by atoms with Crippen LogP contribution >= 0.6 is 0 Å². The smallest absolute Gasteiger partial charge is 0.322 e. The number of carbonyl (C=O) groups excluding carboxylic acids is 2. The van der Waals surface area contributed by atoms with Crippen molar-refractivity contribution in [3.05, 3.63) is 70.9 Å². The number of aromatic amines is 1. The normalized spacial score (nSPS) is 38.7. The minimum atomic E-state index is -2.30. The summed E-state index contributed by atoms with van der Waals surface area (Å²) < 4.78 is 12.3. The Hall–Kier alpha value is -3.94.